The highest BCUT2D eigenvalue weighted by molar-refractivity contribution is 9.11. The van der Waals surface area contributed by atoms with Crippen LogP contribution in [0.5, 0.6) is 0 Å². The van der Waals surface area contributed by atoms with Crippen molar-refractivity contribution in [3.05, 3.63) is 33.8 Å². The van der Waals surface area contributed by atoms with Gasteiger partial charge >= 0.3 is 0 Å². The van der Waals surface area contributed by atoms with Gasteiger partial charge in [0.2, 0.25) is 4.73 Å². The fraction of sp³-hybridized carbons (Fsp3) is 0.250. The van der Waals surface area contributed by atoms with Crippen LogP contribution in [0.3, 0.4) is 0 Å². The fourth-order valence-electron chi connectivity index (χ4n) is 1.12. The van der Waals surface area contributed by atoms with Gasteiger partial charge in [-0.2, -0.15) is 4.98 Å². The van der Waals surface area contributed by atoms with Crippen molar-refractivity contribution in [3.8, 4) is 0 Å². The monoisotopic (exact) mass is 331 g/mol. The topological polar surface area (TPSA) is 56.5 Å². The summed E-state index contributed by atoms with van der Waals surface area (Å²) in [4.78, 5) is 12.2. The van der Waals surface area contributed by atoms with Gasteiger partial charge in [-0.05, 0) is 31.9 Å². The van der Waals surface area contributed by atoms with Crippen LogP contribution in [0.15, 0.2) is 28.1 Å². The van der Waals surface area contributed by atoms with Gasteiger partial charge in [-0.15, -0.1) is 5.10 Å². The molecule has 78 valence electrons. The van der Waals surface area contributed by atoms with Crippen LogP contribution in [0.4, 0.5) is 0 Å². The first kappa shape index (κ1) is 10.7. The van der Waals surface area contributed by atoms with E-state index in [0.29, 0.717) is 9.47 Å². The van der Waals surface area contributed by atoms with Crippen LogP contribution in [-0.4, -0.2) is 24.7 Å². The molecule has 0 unspecified atom stereocenters. The standard InChI is InChI=1S/C8H7Br2N5/c9-7-13-8(10)15(14-7)4-1-6-5-11-2-3-12-6/h2-3,5H,1,4H2. The SMILES string of the molecule is Brc1nc(Br)n(CCc2cnccn2)n1. The zero-order valence-corrected chi connectivity index (χ0v) is 10.8. The number of aryl methyl sites for hydroxylation is 2. The third kappa shape index (κ3) is 2.82. The Morgan fingerprint density at radius 2 is 2.13 bits per heavy atom. The summed E-state index contributed by atoms with van der Waals surface area (Å²) in [6, 6.07) is 0. The lowest BCUT2D eigenvalue weighted by atomic mass is 10.3. The van der Waals surface area contributed by atoms with Gasteiger partial charge in [-0.3, -0.25) is 9.97 Å². The van der Waals surface area contributed by atoms with Crippen molar-refractivity contribution in [1.29, 1.82) is 0 Å². The van der Waals surface area contributed by atoms with Crippen molar-refractivity contribution in [2.75, 3.05) is 0 Å². The number of hydrogen-bond donors (Lipinski definition) is 0. The first-order valence-corrected chi connectivity index (χ1v) is 5.85. The van der Waals surface area contributed by atoms with Crippen LogP contribution < -0.4 is 0 Å². The summed E-state index contributed by atoms with van der Waals surface area (Å²) < 4.78 is 3.05. The molecule has 2 aromatic rings. The van der Waals surface area contributed by atoms with Gasteiger partial charge in [-0.1, -0.05) is 0 Å². The van der Waals surface area contributed by atoms with Crippen molar-refractivity contribution in [1.82, 2.24) is 24.7 Å². The van der Waals surface area contributed by atoms with Gasteiger partial charge < -0.3 is 0 Å². The van der Waals surface area contributed by atoms with Crippen LogP contribution in [0.2, 0.25) is 0 Å². The molecule has 0 fully saturated rings. The van der Waals surface area contributed by atoms with Crippen LogP contribution in [0, 0.1) is 0 Å². The maximum Gasteiger partial charge on any atom is 0.218 e. The Labute approximate surface area is 103 Å². The molecule has 0 aliphatic rings. The highest BCUT2D eigenvalue weighted by atomic mass is 79.9. The van der Waals surface area contributed by atoms with Gasteiger partial charge in [-0.25, -0.2) is 4.68 Å². The molecular formula is C8H7Br2N5. The van der Waals surface area contributed by atoms with Crippen molar-refractivity contribution >= 4 is 31.9 Å². The van der Waals surface area contributed by atoms with Gasteiger partial charge in [0.1, 0.15) is 0 Å². The van der Waals surface area contributed by atoms with Crippen LogP contribution in [-0.2, 0) is 13.0 Å². The molecule has 0 aromatic carbocycles. The molecule has 2 rings (SSSR count). The predicted octanol–water partition coefficient (Wildman–Crippen LogP) is 1.84. The molecule has 5 nitrogen and oxygen atoms in total. The lowest BCUT2D eigenvalue weighted by Crippen LogP contribution is -2.04. The molecule has 0 saturated heterocycles. The molecule has 2 heterocycles. The average molecular weight is 333 g/mol. The highest BCUT2D eigenvalue weighted by Gasteiger charge is 2.04. The molecule has 15 heavy (non-hydrogen) atoms. The van der Waals surface area contributed by atoms with E-state index in [-0.39, 0.29) is 0 Å². The second-order valence-electron chi connectivity index (χ2n) is 2.82. The first-order valence-electron chi connectivity index (χ1n) is 4.26. The molecule has 2 aromatic heterocycles. The molecule has 0 spiro atoms. The predicted molar refractivity (Wildman–Crippen MR) is 61.2 cm³/mol. The Morgan fingerprint density at radius 3 is 2.73 bits per heavy atom. The zero-order chi connectivity index (χ0) is 10.7. The number of aromatic nitrogens is 5. The summed E-state index contributed by atoms with van der Waals surface area (Å²) >= 11 is 6.52. The molecule has 0 saturated carbocycles. The molecular weight excluding hydrogens is 326 g/mol. The number of rotatable bonds is 3. The normalized spacial score (nSPS) is 10.5. The van der Waals surface area contributed by atoms with E-state index in [0.717, 1.165) is 18.7 Å². The van der Waals surface area contributed by atoms with E-state index in [1.54, 1.807) is 23.3 Å². The minimum Gasteiger partial charge on any atom is -0.261 e. The second kappa shape index (κ2) is 4.80. The van der Waals surface area contributed by atoms with Crippen molar-refractivity contribution in [2.45, 2.75) is 13.0 Å². The third-order valence-electron chi connectivity index (χ3n) is 1.80. The average Bonchev–Trinajstić information content (AvgIpc) is 2.56. The molecule has 0 radical (unpaired) electrons. The number of nitrogens with zero attached hydrogens (tertiary/aromatic N) is 5. The number of hydrogen-bond acceptors (Lipinski definition) is 4. The Morgan fingerprint density at radius 1 is 1.27 bits per heavy atom. The molecule has 7 heteroatoms. The molecule has 0 bridgehead atoms. The molecule has 0 amide bonds. The van der Waals surface area contributed by atoms with E-state index < -0.39 is 0 Å². The van der Waals surface area contributed by atoms with Gasteiger partial charge in [0.25, 0.3) is 0 Å². The lowest BCUT2D eigenvalue weighted by Gasteiger charge is -2.00. The maximum absolute atomic E-state index is 4.18. The maximum atomic E-state index is 4.18. The first-order chi connectivity index (χ1) is 7.25. The molecule has 0 aliphatic heterocycles. The quantitative estimate of drug-likeness (QED) is 0.860. The minimum absolute atomic E-state index is 0.577. The van der Waals surface area contributed by atoms with E-state index in [1.165, 1.54) is 0 Å². The van der Waals surface area contributed by atoms with Crippen LogP contribution in [0.25, 0.3) is 0 Å². The Balaban J connectivity index is 2.02. The Kier molecular flexibility index (Phi) is 3.42. The zero-order valence-electron chi connectivity index (χ0n) is 7.64. The van der Waals surface area contributed by atoms with Crippen molar-refractivity contribution in [3.63, 3.8) is 0 Å². The molecule has 0 atom stereocenters. The van der Waals surface area contributed by atoms with E-state index >= 15 is 0 Å². The Hall–Kier alpha value is -0.820. The highest BCUT2D eigenvalue weighted by Crippen LogP contribution is 2.11. The summed E-state index contributed by atoms with van der Waals surface area (Å²) in [5.74, 6) is 0. The fourth-order valence-corrected chi connectivity index (χ4v) is 2.14. The largest absolute Gasteiger partial charge is 0.261 e. The summed E-state index contributed by atoms with van der Waals surface area (Å²) in [7, 11) is 0. The van der Waals surface area contributed by atoms with Crippen LogP contribution in [0.1, 0.15) is 5.69 Å². The van der Waals surface area contributed by atoms with Gasteiger partial charge in [0.15, 0.2) is 4.73 Å². The van der Waals surface area contributed by atoms with E-state index in [9.17, 15) is 0 Å². The summed E-state index contributed by atoms with van der Waals surface area (Å²) in [5.41, 5.74) is 0.941. The van der Waals surface area contributed by atoms with Crippen LogP contribution >= 0.6 is 31.9 Å². The lowest BCUT2D eigenvalue weighted by molar-refractivity contribution is 0.590. The summed E-state index contributed by atoms with van der Waals surface area (Å²) in [5, 5.41) is 4.15. The second-order valence-corrected chi connectivity index (χ2v) is 4.24. The Bertz CT molecular complexity index is 442. The van der Waals surface area contributed by atoms with Gasteiger partial charge in [0.05, 0.1) is 5.69 Å². The summed E-state index contributed by atoms with van der Waals surface area (Å²) in [6.07, 6.45) is 5.87. The van der Waals surface area contributed by atoms with E-state index in [1.807, 2.05) is 0 Å². The minimum atomic E-state index is 0.577. The summed E-state index contributed by atoms with van der Waals surface area (Å²) in [6.45, 7) is 0.720. The van der Waals surface area contributed by atoms with E-state index in [2.05, 4.69) is 51.9 Å². The van der Waals surface area contributed by atoms with Crippen molar-refractivity contribution in [2.24, 2.45) is 0 Å². The van der Waals surface area contributed by atoms with E-state index in [4.69, 9.17) is 0 Å². The smallest absolute Gasteiger partial charge is 0.218 e. The number of halogens is 2. The third-order valence-corrected chi connectivity index (χ3v) is 2.72. The van der Waals surface area contributed by atoms with Gasteiger partial charge in [0, 0.05) is 31.6 Å². The molecule has 0 N–H and O–H groups in total. The molecule has 0 aliphatic carbocycles. The van der Waals surface area contributed by atoms with Crippen molar-refractivity contribution < 1.29 is 0 Å².